The van der Waals surface area contributed by atoms with E-state index >= 15 is 0 Å². The zero-order chi connectivity index (χ0) is 17.1. The zero-order valence-corrected chi connectivity index (χ0v) is 14.3. The molecule has 6 nitrogen and oxygen atoms in total. The maximum Gasteiger partial charge on any atom is 0.272 e. The Kier molecular flexibility index (Phi) is 4.73. The summed E-state index contributed by atoms with van der Waals surface area (Å²) in [6.07, 6.45) is 0. The van der Waals surface area contributed by atoms with Crippen molar-refractivity contribution >= 4 is 28.0 Å². The monoisotopic (exact) mass is 342 g/mol. The van der Waals surface area contributed by atoms with Crippen LogP contribution in [0.1, 0.15) is 22.1 Å². The first-order valence-electron chi connectivity index (χ1n) is 7.52. The summed E-state index contributed by atoms with van der Waals surface area (Å²) in [7, 11) is 3.95. The lowest BCUT2D eigenvalue weighted by Crippen LogP contribution is -2.35. The number of aromatic amines is 1. The summed E-state index contributed by atoms with van der Waals surface area (Å²) in [6.45, 7) is 0.456. The van der Waals surface area contributed by atoms with Crippen molar-refractivity contribution in [3.05, 3.63) is 62.7 Å². The molecule has 0 aliphatic heterocycles. The van der Waals surface area contributed by atoms with Crippen LogP contribution < -0.4 is 10.9 Å². The standard InChI is InChI=1S/C17H18N4O2S/c1-21(2)14(11-7-8-24-10-11)9-18-17(23)15-12-5-3-4-6-13(12)16(22)20-19-15/h3-8,10,14H,9H2,1-2H3,(H,18,23)(H,20,22)/t14-/m0/s1. The summed E-state index contributed by atoms with van der Waals surface area (Å²) in [4.78, 5) is 26.4. The molecule has 0 spiro atoms. The number of amides is 1. The maximum atomic E-state index is 12.6. The Morgan fingerprint density at radius 3 is 2.71 bits per heavy atom. The van der Waals surface area contributed by atoms with Crippen LogP contribution in [0.4, 0.5) is 0 Å². The van der Waals surface area contributed by atoms with Crippen molar-refractivity contribution in [2.24, 2.45) is 0 Å². The highest BCUT2D eigenvalue weighted by atomic mass is 32.1. The fourth-order valence-electron chi connectivity index (χ4n) is 2.62. The van der Waals surface area contributed by atoms with E-state index in [9.17, 15) is 9.59 Å². The van der Waals surface area contributed by atoms with E-state index in [2.05, 4.69) is 31.9 Å². The molecule has 0 aliphatic carbocycles. The molecule has 0 fully saturated rings. The number of fused-ring (bicyclic) bond motifs is 1. The van der Waals surface area contributed by atoms with Gasteiger partial charge >= 0.3 is 0 Å². The van der Waals surface area contributed by atoms with Crippen molar-refractivity contribution in [1.82, 2.24) is 20.4 Å². The van der Waals surface area contributed by atoms with Crippen molar-refractivity contribution in [2.45, 2.75) is 6.04 Å². The van der Waals surface area contributed by atoms with E-state index in [0.717, 1.165) is 5.56 Å². The van der Waals surface area contributed by atoms with Crippen LogP contribution in [-0.2, 0) is 0 Å². The molecule has 0 bridgehead atoms. The number of benzene rings is 1. The van der Waals surface area contributed by atoms with Crippen LogP contribution in [0.3, 0.4) is 0 Å². The van der Waals surface area contributed by atoms with Crippen molar-refractivity contribution in [3.63, 3.8) is 0 Å². The third kappa shape index (κ3) is 3.22. The largest absolute Gasteiger partial charge is 0.349 e. The molecule has 0 unspecified atom stereocenters. The molecular formula is C17H18N4O2S. The van der Waals surface area contributed by atoms with Gasteiger partial charge in [0.15, 0.2) is 5.69 Å². The number of nitrogens with one attached hydrogen (secondary N) is 2. The molecular weight excluding hydrogens is 324 g/mol. The average Bonchev–Trinajstić information content (AvgIpc) is 3.09. The molecule has 24 heavy (non-hydrogen) atoms. The Morgan fingerprint density at radius 2 is 2.04 bits per heavy atom. The number of carbonyl (C=O) groups excluding carboxylic acids is 1. The van der Waals surface area contributed by atoms with Crippen molar-refractivity contribution < 1.29 is 4.79 Å². The van der Waals surface area contributed by atoms with Gasteiger partial charge in [0.05, 0.1) is 11.4 Å². The second-order valence-electron chi connectivity index (χ2n) is 5.69. The fourth-order valence-corrected chi connectivity index (χ4v) is 3.33. The summed E-state index contributed by atoms with van der Waals surface area (Å²) >= 11 is 1.63. The number of hydrogen-bond acceptors (Lipinski definition) is 5. The first-order valence-corrected chi connectivity index (χ1v) is 8.46. The van der Waals surface area contributed by atoms with Gasteiger partial charge in [-0.25, -0.2) is 5.10 Å². The van der Waals surface area contributed by atoms with Crippen LogP contribution in [0.5, 0.6) is 0 Å². The number of rotatable bonds is 5. The van der Waals surface area contributed by atoms with E-state index < -0.39 is 0 Å². The molecule has 0 saturated carbocycles. The predicted molar refractivity (Wildman–Crippen MR) is 95.4 cm³/mol. The number of aromatic nitrogens is 2. The Balaban J connectivity index is 1.83. The second-order valence-corrected chi connectivity index (χ2v) is 6.47. The van der Waals surface area contributed by atoms with Crippen LogP contribution in [0.15, 0.2) is 45.9 Å². The summed E-state index contributed by atoms with van der Waals surface area (Å²) in [5.74, 6) is -0.301. The third-order valence-corrected chi connectivity index (χ3v) is 4.62. The van der Waals surface area contributed by atoms with E-state index in [1.54, 1.807) is 35.6 Å². The summed E-state index contributed by atoms with van der Waals surface area (Å²) < 4.78 is 0. The molecule has 124 valence electrons. The molecule has 7 heteroatoms. The number of nitrogens with zero attached hydrogens (tertiary/aromatic N) is 2. The first-order chi connectivity index (χ1) is 11.6. The summed E-state index contributed by atoms with van der Waals surface area (Å²) in [6, 6.07) is 9.09. The molecule has 1 aromatic carbocycles. The van der Waals surface area contributed by atoms with Crippen LogP contribution >= 0.6 is 11.3 Å². The SMILES string of the molecule is CN(C)[C@@H](CNC(=O)c1n[nH]c(=O)c2ccccc12)c1ccsc1. The third-order valence-electron chi connectivity index (χ3n) is 3.92. The van der Waals surface area contributed by atoms with Gasteiger partial charge in [-0.05, 0) is 42.6 Å². The number of thiophene rings is 1. The fraction of sp³-hybridized carbons (Fsp3) is 0.235. The van der Waals surface area contributed by atoms with Crippen LogP contribution in [0.2, 0.25) is 0 Å². The maximum absolute atomic E-state index is 12.6. The van der Waals surface area contributed by atoms with Gasteiger partial charge in [0, 0.05) is 11.9 Å². The molecule has 2 heterocycles. The Labute approximate surface area is 143 Å². The molecule has 2 aromatic heterocycles. The van der Waals surface area contributed by atoms with Gasteiger partial charge in [0.1, 0.15) is 0 Å². The molecule has 1 atom stereocenters. The van der Waals surface area contributed by atoms with Gasteiger partial charge in [0.25, 0.3) is 11.5 Å². The number of likely N-dealkylation sites (N-methyl/N-ethyl adjacent to an activating group) is 1. The Morgan fingerprint density at radius 1 is 1.29 bits per heavy atom. The highest BCUT2D eigenvalue weighted by Crippen LogP contribution is 2.20. The van der Waals surface area contributed by atoms with Gasteiger partial charge in [-0.15, -0.1) is 0 Å². The van der Waals surface area contributed by atoms with E-state index in [1.165, 1.54) is 0 Å². The van der Waals surface area contributed by atoms with Gasteiger partial charge in [-0.2, -0.15) is 16.4 Å². The topological polar surface area (TPSA) is 78.1 Å². The predicted octanol–water partition coefficient (Wildman–Crippen LogP) is 2.02. The van der Waals surface area contributed by atoms with Gasteiger partial charge in [0.2, 0.25) is 0 Å². The van der Waals surface area contributed by atoms with Crippen LogP contribution in [0.25, 0.3) is 10.8 Å². The van der Waals surface area contributed by atoms with Crippen molar-refractivity contribution in [1.29, 1.82) is 0 Å². The van der Waals surface area contributed by atoms with E-state index in [1.807, 2.05) is 19.5 Å². The molecule has 0 radical (unpaired) electrons. The molecule has 3 aromatic rings. The molecule has 2 N–H and O–H groups in total. The highest BCUT2D eigenvalue weighted by molar-refractivity contribution is 7.07. The minimum atomic E-state index is -0.301. The smallest absolute Gasteiger partial charge is 0.272 e. The lowest BCUT2D eigenvalue weighted by Gasteiger charge is -2.24. The molecule has 1 amide bonds. The first kappa shape index (κ1) is 16.4. The van der Waals surface area contributed by atoms with Gasteiger partial charge < -0.3 is 10.2 Å². The number of hydrogen-bond donors (Lipinski definition) is 2. The van der Waals surface area contributed by atoms with Crippen molar-refractivity contribution in [3.8, 4) is 0 Å². The lowest BCUT2D eigenvalue weighted by atomic mass is 10.1. The summed E-state index contributed by atoms with van der Waals surface area (Å²) in [5, 5.41) is 14.3. The molecule has 0 aliphatic rings. The van der Waals surface area contributed by atoms with Gasteiger partial charge in [-0.1, -0.05) is 18.2 Å². The second kappa shape index (κ2) is 6.94. The number of carbonyl (C=O) groups is 1. The van der Waals surface area contributed by atoms with E-state index in [0.29, 0.717) is 17.3 Å². The highest BCUT2D eigenvalue weighted by Gasteiger charge is 2.18. The Bertz CT molecular complexity index is 902. The average molecular weight is 342 g/mol. The van der Waals surface area contributed by atoms with Crippen LogP contribution in [0, 0.1) is 0 Å². The molecule has 0 saturated heterocycles. The van der Waals surface area contributed by atoms with Crippen molar-refractivity contribution in [2.75, 3.05) is 20.6 Å². The quantitative estimate of drug-likeness (QED) is 0.743. The summed E-state index contributed by atoms with van der Waals surface area (Å²) in [5.41, 5.74) is 1.09. The Hall–Kier alpha value is -2.51. The van der Waals surface area contributed by atoms with E-state index in [-0.39, 0.29) is 23.2 Å². The van der Waals surface area contributed by atoms with Gasteiger partial charge in [-0.3, -0.25) is 9.59 Å². The zero-order valence-electron chi connectivity index (χ0n) is 13.4. The number of H-pyrrole nitrogens is 1. The minimum Gasteiger partial charge on any atom is -0.349 e. The van der Waals surface area contributed by atoms with Crippen LogP contribution in [-0.4, -0.2) is 41.6 Å². The minimum absolute atomic E-state index is 0.0780. The van der Waals surface area contributed by atoms with E-state index in [4.69, 9.17) is 0 Å². The lowest BCUT2D eigenvalue weighted by molar-refractivity contribution is 0.0938. The normalized spacial score (nSPS) is 12.5. The molecule has 3 rings (SSSR count).